The van der Waals surface area contributed by atoms with E-state index < -0.39 is 0 Å². The van der Waals surface area contributed by atoms with E-state index >= 15 is 0 Å². The summed E-state index contributed by atoms with van der Waals surface area (Å²) >= 11 is 0. The molecule has 1 aromatic heterocycles. The maximum absolute atomic E-state index is 11.8. The van der Waals surface area contributed by atoms with Crippen molar-refractivity contribution in [3.8, 4) is 11.1 Å². The van der Waals surface area contributed by atoms with Gasteiger partial charge in [0.2, 0.25) is 5.91 Å². The average Bonchev–Trinajstić information content (AvgIpc) is 3.04. The van der Waals surface area contributed by atoms with Crippen LogP contribution in [-0.2, 0) is 4.79 Å². The second-order valence-electron chi connectivity index (χ2n) is 5.95. The molecule has 2 aromatic rings. The molecule has 1 aromatic carbocycles. The van der Waals surface area contributed by atoms with Crippen molar-refractivity contribution in [1.29, 1.82) is 0 Å². The van der Waals surface area contributed by atoms with E-state index in [0.29, 0.717) is 5.92 Å². The van der Waals surface area contributed by atoms with Gasteiger partial charge in [0.25, 0.3) is 0 Å². The van der Waals surface area contributed by atoms with Crippen LogP contribution in [-0.4, -0.2) is 40.6 Å². The predicted octanol–water partition coefficient (Wildman–Crippen LogP) is 2.05. The second-order valence-corrected chi connectivity index (χ2v) is 5.95. The molecule has 5 heteroatoms. The van der Waals surface area contributed by atoms with Gasteiger partial charge in [-0.2, -0.15) is 5.10 Å². The molecule has 1 fully saturated rings. The largest absolute Gasteiger partial charge is 0.341 e. The van der Waals surface area contributed by atoms with Gasteiger partial charge in [-0.3, -0.25) is 9.89 Å². The number of likely N-dealkylation sites (tertiary alicyclic amines) is 1. The molecule has 1 aliphatic rings. The molecule has 0 unspecified atom stereocenters. The standard InChI is InChI=1S/C17H22N4O/c1-12-4-6-13(7-5-12)15-10-19-20-17(15)14-3-2-8-21(11-14)16(22)9-18/h4-7,10,14H,2-3,8-9,11,18H2,1H3,(H,19,20)/t14-/m0/s1. The van der Waals surface area contributed by atoms with Crippen molar-refractivity contribution in [2.24, 2.45) is 5.73 Å². The fourth-order valence-electron chi connectivity index (χ4n) is 3.14. The van der Waals surface area contributed by atoms with E-state index in [-0.39, 0.29) is 12.5 Å². The first-order chi connectivity index (χ1) is 10.7. The fourth-order valence-corrected chi connectivity index (χ4v) is 3.14. The monoisotopic (exact) mass is 298 g/mol. The quantitative estimate of drug-likeness (QED) is 0.910. The first-order valence-electron chi connectivity index (χ1n) is 7.77. The number of rotatable bonds is 3. The Morgan fingerprint density at radius 2 is 2.18 bits per heavy atom. The van der Waals surface area contributed by atoms with E-state index in [1.807, 2.05) is 11.1 Å². The molecule has 0 bridgehead atoms. The molecule has 0 radical (unpaired) electrons. The number of carbonyl (C=O) groups excluding carboxylic acids is 1. The van der Waals surface area contributed by atoms with E-state index in [9.17, 15) is 4.79 Å². The molecular weight excluding hydrogens is 276 g/mol. The van der Waals surface area contributed by atoms with Gasteiger partial charge in [-0.15, -0.1) is 0 Å². The Morgan fingerprint density at radius 3 is 2.91 bits per heavy atom. The summed E-state index contributed by atoms with van der Waals surface area (Å²) in [6.45, 7) is 3.69. The highest BCUT2D eigenvalue weighted by atomic mass is 16.2. The third-order valence-electron chi connectivity index (χ3n) is 4.39. The van der Waals surface area contributed by atoms with Crippen LogP contribution in [0.5, 0.6) is 0 Å². The molecular formula is C17H22N4O. The number of aromatic nitrogens is 2. The van der Waals surface area contributed by atoms with Gasteiger partial charge in [-0.05, 0) is 25.3 Å². The van der Waals surface area contributed by atoms with Crippen LogP contribution in [0.1, 0.15) is 30.0 Å². The van der Waals surface area contributed by atoms with Crippen molar-refractivity contribution < 1.29 is 4.79 Å². The van der Waals surface area contributed by atoms with Crippen molar-refractivity contribution in [1.82, 2.24) is 15.1 Å². The molecule has 1 amide bonds. The Bertz CT molecular complexity index is 647. The molecule has 22 heavy (non-hydrogen) atoms. The number of nitrogens with one attached hydrogen (secondary N) is 1. The van der Waals surface area contributed by atoms with Gasteiger partial charge in [0.05, 0.1) is 12.7 Å². The van der Waals surface area contributed by atoms with Gasteiger partial charge in [0.15, 0.2) is 0 Å². The minimum Gasteiger partial charge on any atom is -0.341 e. The number of nitrogens with zero attached hydrogens (tertiary/aromatic N) is 2. The van der Waals surface area contributed by atoms with Crippen molar-refractivity contribution in [2.75, 3.05) is 19.6 Å². The lowest BCUT2D eigenvalue weighted by Gasteiger charge is -2.32. The Labute approximate surface area is 130 Å². The summed E-state index contributed by atoms with van der Waals surface area (Å²) in [6.07, 6.45) is 3.95. The zero-order valence-electron chi connectivity index (χ0n) is 12.9. The van der Waals surface area contributed by atoms with Gasteiger partial charge in [0.1, 0.15) is 0 Å². The van der Waals surface area contributed by atoms with E-state index in [0.717, 1.165) is 42.8 Å². The van der Waals surface area contributed by atoms with Crippen LogP contribution in [0.25, 0.3) is 11.1 Å². The van der Waals surface area contributed by atoms with Gasteiger partial charge in [-0.1, -0.05) is 29.8 Å². The third kappa shape index (κ3) is 2.90. The smallest absolute Gasteiger partial charge is 0.236 e. The summed E-state index contributed by atoms with van der Waals surface area (Å²) in [7, 11) is 0. The summed E-state index contributed by atoms with van der Waals surface area (Å²) in [5.41, 5.74) is 10.2. The van der Waals surface area contributed by atoms with Gasteiger partial charge < -0.3 is 10.6 Å². The minimum atomic E-state index is 0.0288. The molecule has 116 valence electrons. The first-order valence-corrected chi connectivity index (χ1v) is 7.77. The number of carbonyl (C=O) groups is 1. The van der Waals surface area contributed by atoms with Gasteiger partial charge in [0, 0.05) is 30.3 Å². The van der Waals surface area contributed by atoms with Crippen LogP contribution < -0.4 is 5.73 Å². The van der Waals surface area contributed by atoms with E-state index in [2.05, 4.69) is 41.4 Å². The lowest BCUT2D eigenvalue weighted by Crippen LogP contribution is -2.42. The summed E-state index contributed by atoms with van der Waals surface area (Å²) in [4.78, 5) is 13.7. The molecule has 5 nitrogen and oxygen atoms in total. The third-order valence-corrected chi connectivity index (χ3v) is 4.39. The normalized spacial score (nSPS) is 18.5. The second kappa shape index (κ2) is 6.32. The summed E-state index contributed by atoms with van der Waals surface area (Å²) in [5.74, 6) is 0.323. The van der Waals surface area contributed by atoms with Crippen LogP contribution in [0.3, 0.4) is 0 Å². The molecule has 0 aliphatic carbocycles. The lowest BCUT2D eigenvalue weighted by molar-refractivity contribution is -0.130. The maximum Gasteiger partial charge on any atom is 0.236 e. The van der Waals surface area contributed by atoms with E-state index in [1.54, 1.807) is 0 Å². The van der Waals surface area contributed by atoms with E-state index in [4.69, 9.17) is 5.73 Å². The molecule has 2 heterocycles. The molecule has 0 spiro atoms. The zero-order valence-corrected chi connectivity index (χ0v) is 12.9. The topological polar surface area (TPSA) is 75.0 Å². The highest BCUT2D eigenvalue weighted by molar-refractivity contribution is 5.78. The predicted molar refractivity (Wildman–Crippen MR) is 86.4 cm³/mol. The number of amides is 1. The number of hydrogen-bond donors (Lipinski definition) is 2. The maximum atomic E-state index is 11.8. The number of aryl methyl sites for hydroxylation is 1. The Morgan fingerprint density at radius 1 is 1.41 bits per heavy atom. The average molecular weight is 298 g/mol. The molecule has 1 atom stereocenters. The number of aromatic amines is 1. The molecule has 3 rings (SSSR count). The van der Waals surface area contributed by atoms with Crippen molar-refractivity contribution in [3.05, 3.63) is 41.7 Å². The molecule has 3 N–H and O–H groups in total. The number of hydrogen-bond acceptors (Lipinski definition) is 3. The Hall–Kier alpha value is -2.14. The molecule has 0 saturated carbocycles. The fraction of sp³-hybridized carbons (Fsp3) is 0.412. The number of piperidine rings is 1. The van der Waals surface area contributed by atoms with Crippen molar-refractivity contribution in [2.45, 2.75) is 25.7 Å². The van der Waals surface area contributed by atoms with Crippen LogP contribution in [0.2, 0.25) is 0 Å². The number of nitrogens with two attached hydrogens (primary N) is 1. The van der Waals surface area contributed by atoms with Crippen LogP contribution in [0, 0.1) is 6.92 Å². The Kier molecular flexibility index (Phi) is 4.24. The first kappa shape index (κ1) is 14.8. The van der Waals surface area contributed by atoms with Crippen molar-refractivity contribution in [3.63, 3.8) is 0 Å². The van der Waals surface area contributed by atoms with Crippen LogP contribution in [0.15, 0.2) is 30.5 Å². The summed E-state index contributed by atoms with van der Waals surface area (Å²) in [6, 6.07) is 8.46. The van der Waals surface area contributed by atoms with Crippen LogP contribution >= 0.6 is 0 Å². The van der Waals surface area contributed by atoms with Crippen LogP contribution in [0.4, 0.5) is 0 Å². The molecule has 1 aliphatic heterocycles. The number of benzene rings is 1. The minimum absolute atomic E-state index is 0.0288. The summed E-state index contributed by atoms with van der Waals surface area (Å²) < 4.78 is 0. The zero-order chi connectivity index (χ0) is 15.5. The summed E-state index contributed by atoms with van der Waals surface area (Å²) in [5, 5.41) is 7.38. The Balaban J connectivity index is 1.85. The highest BCUT2D eigenvalue weighted by Gasteiger charge is 2.27. The lowest BCUT2D eigenvalue weighted by atomic mass is 9.90. The van der Waals surface area contributed by atoms with Crippen molar-refractivity contribution >= 4 is 5.91 Å². The van der Waals surface area contributed by atoms with E-state index in [1.165, 1.54) is 5.56 Å². The molecule has 1 saturated heterocycles. The SMILES string of the molecule is Cc1ccc(-c2cn[nH]c2[C@H]2CCCN(C(=O)CN)C2)cc1. The van der Waals surface area contributed by atoms with Gasteiger partial charge in [-0.25, -0.2) is 0 Å². The number of H-pyrrole nitrogens is 1. The van der Waals surface area contributed by atoms with Gasteiger partial charge >= 0.3 is 0 Å². The highest BCUT2D eigenvalue weighted by Crippen LogP contribution is 2.33.